The monoisotopic (exact) mass is 343 g/mol. The van der Waals surface area contributed by atoms with Crippen LogP contribution in [0.4, 0.5) is 35.1 Å². The standard InChI is InChI=1S/C12H17F8NO/c1-4-9(2,3)8(22)21-6-5-10(15,16)12(19,20)11(17,18)7(13)14/h7H,4-6H2,1-3H3,(H,21,22). The van der Waals surface area contributed by atoms with Crippen molar-refractivity contribution in [1.29, 1.82) is 0 Å². The maximum atomic E-state index is 13.2. The van der Waals surface area contributed by atoms with Crippen molar-refractivity contribution < 1.29 is 39.9 Å². The summed E-state index contributed by atoms with van der Waals surface area (Å²) in [4.78, 5) is 11.5. The van der Waals surface area contributed by atoms with Gasteiger partial charge in [0.15, 0.2) is 0 Å². The summed E-state index contributed by atoms with van der Waals surface area (Å²) in [6, 6.07) is 0. The number of hydrogen-bond acceptors (Lipinski definition) is 1. The minimum Gasteiger partial charge on any atom is -0.355 e. The zero-order valence-electron chi connectivity index (χ0n) is 12.1. The van der Waals surface area contributed by atoms with Gasteiger partial charge in [-0.05, 0) is 6.42 Å². The van der Waals surface area contributed by atoms with Crippen LogP contribution >= 0.6 is 0 Å². The predicted molar refractivity (Wildman–Crippen MR) is 62.5 cm³/mol. The Morgan fingerprint density at radius 1 is 1.05 bits per heavy atom. The topological polar surface area (TPSA) is 29.1 Å². The molecule has 0 aromatic carbocycles. The number of rotatable bonds is 8. The average molecular weight is 343 g/mol. The first-order chi connectivity index (χ1) is 9.63. The lowest BCUT2D eigenvalue weighted by Gasteiger charge is -2.32. The molecule has 0 aliphatic rings. The molecule has 0 aromatic rings. The van der Waals surface area contributed by atoms with Crippen LogP contribution in [0.2, 0.25) is 0 Å². The van der Waals surface area contributed by atoms with Crippen LogP contribution in [0.15, 0.2) is 0 Å². The highest BCUT2D eigenvalue weighted by molar-refractivity contribution is 5.81. The minimum atomic E-state index is -6.24. The number of nitrogens with one attached hydrogen (secondary N) is 1. The van der Waals surface area contributed by atoms with Crippen LogP contribution < -0.4 is 5.32 Å². The number of amides is 1. The summed E-state index contributed by atoms with van der Waals surface area (Å²) in [6.07, 6.45) is -6.52. The molecule has 0 saturated heterocycles. The van der Waals surface area contributed by atoms with Crippen molar-refractivity contribution in [3.05, 3.63) is 0 Å². The van der Waals surface area contributed by atoms with Gasteiger partial charge in [0.2, 0.25) is 5.91 Å². The largest absolute Gasteiger partial charge is 0.377 e. The number of carbonyl (C=O) groups excluding carboxylic acids is 1. The van der Waals surface area contributed by atoms with Crippen molar-refractivity contribution in [1.82, 2.24) is 5.32 Å². The number of hydrogen-bond donors (Lipinski definition) is 1. The van der Waals surface area contributed by atoms with Crippen LogP contribution in [0, 0.1) is 5.41 Å². The molecule has 1 N–H and O–H groups in total. The second kappa shape index (κ2) is 6.57. The molecule has 22 heavy (non-hydrogen) atoms. The van der Waals surface area contributed by atoms with Gasteiger partial charge in [-0.15, -0.1) is 0 Å². The van der Waals surface area contributed by atoms with Gasteiger partial charge in [0.25, 0.3) is 0 Å². The van der Waals surface area contributed by atoms with Crippen LogP contribution in [0.3, 0.4) is 0 Å². The Bertz CT molecular complexity index is 395. The van der Waals surface area contributed by atoms with E-state index in [1.165, 1.54) is 13.8 Å². The second-order valence-electron chi connectivity index (χ2n) is 5.45. The third-order valence-electron chi connectivity index (χ3n) is 3.38. The highest BCUT2D eigenvalue weighted by atomic mass is 19.4. The van der Waals surface area contributed by atoms with E-state index in [9.17, 15) is 39.9 Å². The number of alkyl halides is 8. The summed E-state index contributed by atoms with van der Waals surface area (Å²) in [5, 5.41) is 1.90. The third-order valence-corrected chi connectivity index (χ3v) is 3.38. The smallest absolute Gasteiger partial charge is 0.355 e. The molecule has 0 unspecified atom stereocenters. The number of halogens is 8. The van der Waals surface area contributed by atoms with Crippen molar-refractivity contribution in [3.63, 3.8) is 0 Å². The summed E-state index contributed by atoms with van der Waals surface area (Å²) in [5.74, 6) is -18.6. The Kier molecular flexibility index (Phi) is 6.25. The molecule has 0 heterocycles. The zero-order chi connectivity index (χ0) is 18.0. The molecule has 0 spiro atoms. The molecule has 0 saturated carbocycles. The van der Waals surface area contributed by atoms with Crippen molar-refractivity contribution in [2.24, 2.45) is 5.41 Å². The van der Waals surface area contributed by atoms with Gasteiger partial charge < -0.3 is 5.32 Å². The van der Waals surface area contributed by atoms with E-state index in [0.717, 1.165) is 0 Å². The number of carbonyl (C=O) groups is 1. The lowest BCUT2D eigenvalue weighted by molar-refractivity contribution is -0.339. The molecule has 0 atom stereocenters. The van der Waals surface area contributed by atoms with Gasteiger partial charge in [0, 0.05) is 18.4 Å². The van der Waals surface area contributed by atoms with Gasteiger partial charge >= 0.3 is 24.2 Å². The Hall–Kier alpha value is -1.09. The predicted octanol–water partition coefficient (Wildman–Crippen LogP) is 4.10. The van der Waals surface area contributed by atoms with Gasteiger partial charge in [-0.2, -0.15) is 26.3 Å². The first-order valence-corrected chi connectivity index (χ1v) is 6.33. The van der Waals surface area contributed by atoms with Gasteiger partial charge in [-0.3, -0.25) is 4.79 Å². The lowest BCUT2D eigenvalue weighted by atomic mass is 9.89. The average Bonchev–Trinajstić information content (AvgIpc) is 2.37. The molecule has 0 rings (SSSR count). The highest BCUT2D eigenvalue weighted by Crippen LogP contribution is 2.49. The van der Waals surface area contributed by atoms with E-state index in [-0.39, 0.29) is 0 Å². The molecular weight excluding hydrogens is 326 g/mol. The van der Waals surface area contributed by atoms with Crippen molar-refractivity contribution in [2.75, 3.05) is 6.54 Å². The van der Waals surface area contributed by atoms with Crippen LogP contribution in [-0.4, -0.2) is 36.6 Å². The van der Waals surface area contributed by atoms with E-state index in [2.05, 4.69) is 0 Å². The quantitative estimate of drug-likeness (QED) is 0.661. The van der Waals surface area contributed by atoms with Crippen LogP contribution in [0.5, 0.6) is 0 Å². The molecule has 0 fully saturated rings. The van der Waals surface area contributed by atoms with Crippen molar-refractivity contribution >= 4 is 5.91 Å². The van der Waals surface area contributed by atoms with E-state index in [0.29, 0.717) is 6.42 Å². The van der Waals surface area contributed by atoms with E-state index in [1.54, 1.807) is 6.92 Å². The lowest BCUT2D eigenvalue weighted by Crippen LogP contribution is -2.58. The summed E-state index contributed by atoms with van der Waals surface area (Å²) in [7, 11) is 0. The maximum absolute atomic E-state index is 13.2. The summed E-state index contributed by atoms with van der Waals surface area (Å²) in [5.41, 5.74) is -0.968. The van der Waals surface area contributed by atoms with Gasteiger partial charge in [0.1, 0.15) is 0 Å². The van der Waals surface area contributed by atoms with E-state index in [1.807, 2.05) is 5.32 Å². The fraction of sp³-hybridized carbons (Fsp3) is 0.917. The highest BCUT2D eigenvalue weighted by Gasteiger charge is 2.74. The Balaban J connectivity index is 4.88. The fourth-order valence-electron chi connectivity index (χ4n) is 1.27. The molecule has 0 aliphatic carbocycles. The molecule has 0 radical (unpaired) electrons. The first kappa shape index (κ1) is 20.9. The van der Waals surface area contributed by atoms with E-state index in [4.69, 9.17) is 0 Å². The Morgan fingerprint density at radius 2 is 1.50 bits per heavy atom. The van der Waals surface area contributed by atoms with Gasteiger partial charge in [-0.1, -0.05) is 20.8 Å². The van der Waals surface area contributed by atoms with E-state index < -0.39 is 48.5 Å². The fourth-order valence-corrected chi connectivity index (χ4v) is 1.27. The summed E-state index contributed by atoms with van der Waals surface area (Å²) >= 11 is 0. The van der Waals surface area contributed by atoms with Crippen LogP contribution in [-0.2, 0) is 4.79 Å². The van der Waals surface area contributed by atoms with E-state index >= 15 is 0 Å². The molecule has 132 valence electrons. The van der Waals surface area contributed by atoms with Crippen LogP contribution in [0.1, 0.15) is 33.6 Å². The Labute approximate surface area is 122 Å². The molecule has 10 heteroatoms. The molecular formula is C12H17F8NO. The first-order valence-electron chi connectivity index (χ1n) is 6.33. The summed E-state index contributed by atoms with van der Waals surface area (Å²) < 4.78 is 101. The van der Waals surface area contributed by atoms with Crippen molar-refractivity contribution in [3.8, 4) is 0 Å². The van der Waals surface area contributed by atoms with Crippen molar-refractivity contribution in [2.45, 2.75) is 57.8 Å². The maximum Gasteiger partial charge on any atom is 0.377 e. The van der Waals surface area contributed by atoms with Crippen LogP contribution in [0.25, 0.3) is 0 Å². The van der Waals surface area contributed by atoms with Gasteiger partial charge in [0.05, 0.1) is 0 Å². The second-order valence-corrected chi connectivity index (χ2v) is 5.45. The Morgan fingerprint density at radius 3 is 1.86 bits per heavy atom. The minimum absolute atomic E-state index is 0.314. The normalized spacial score (nSPS) is 14.4. The molecule has 0 bridgehead atoms. The molecule has 0 aromatic heterocycles. The summed E-state index contributed by atoms with van der Waals surface area (Å²) in [6.45, 7) is 3.48. The molecule has 2 nitrogen and oxygen atoms in total. The SMILES string of the molecule is CCC(C)(C)C(=O)NCCC(F)(F)C(F)(F)C(F)(F)C(F)F. The van der Waals surface area contributed by atoms with Gasteiger partial charge in [-0.25, -0.2) is 8.78 Å². The third kappa shape index (κ3) is 4.01. The zero-order valence-corrected chi connectivity index (χ0v) is 12.1. The molecule has 0 aliphatic heterocycles. The molecule has 1 amide bonds.